The van der Waals surface area contributed by atoms with Crippen molar-refractivity contribution >= 4 is 29.1 Å². The Kier molecular flexibility index (Phi) is 6.44. The van der Waals surface area contributed by atoms with Crippen LogP contribution in [0.25, 0.3) is 0 Å². The van der Waals surface area contributed by atoms with Gasteiger partial charge < -0.3 is 9.47 Å². The third kappa shape index (κ3) is 4.88. The molecule has 0 aromatic heterocycles. The highest BCUT2D eigenvalue weighted by atomic mass is 35.5. The predicted octanol–water partition coefficient (Wildman–Crippen LogP) is 5.91. The SMILES string of the molecule is COC(=O)C1C(C)=NC2=C(C(=O)CC(C)(C)C2)[C@H]1c1ccc(OCc2ccc(Cl)cc2)cc1. The van der Waals surface area contributed by atoms with Crippen LogP contribution >= 0.6 is 11.6 Å². The van der Waals surface area contributed by atoms with Crippen LogP contribution in [0.1, 0.15) is 50.7 Å². The third-order valence-electron chi connectivity index (χ3n) is 6.32. The third-order valence-corrected chi connectivity index (χ3v) is 6.57. The lowest BCUT2D eigenvalue weighted by Gasteiger charge is -2.38. The van der Waals surface area contributed by atoms with Crippen LogP contribution in [0.15, 0.2) is 64.8 Å². The topological polar surface area (TPSA) is 65.0 Å². The Hall–Kier alpha value is -2.92. The maximum atomic E-state index is 13.2. The van der Waals surface area contributed by atoms with E-state index in [9.17, 15) is 9.59 Å². The Morgan fingerprint density at radius 3 is 2.39 bits per heavy atom. The molecule has 0 spiro atoms. The number of methoxy groups -OCH3 is 1. The molecule has 2 aromatic rings. The van der Waals surface area contributed by atoms with Gasteiger partial charge in [0.25, 0.3) is 0 Å². The number of Topliss-reactive ketones (excluding diaryl/α,β-unsaturated/α-hetero) is 1. The fourth-order valence-electron chi connectivity index (χ4n) is 4.76. The van der Waals surface area contributed by atoms with Crippen LogP contribution in [0.4, 0.5) is 0 Å². The van der Waals surface area contributed by atoms with Gasteiger partial charge in [0, 0.05) is 34.3 Å². The maximum Gasteiger partial charge on any atom is 0.315 e. The van der Waals surface area contributed by atoms with Crippen molar-refractivity contribution in [2.75, 3.05) is 7.11 Å². The van der Waals surface area contributed by atoms with E-state index in [1.165, 1.54) is 7.11 Å². The molecule has 0 fully saturated rings. The summed E-state index contributed by atoms with van der Waals surface area (Å²) in [6, 6.07) is 15.1. The number of carbonyl (C=O) groups is 2. The van der Waals surface area contributed by atoms with Crippen molar-refractivity contribution in [3.8, 4) is 5.75 Å². The van der Waals surface area contributed by atoms with Gasteiger partial charge in [0.15, 0.2) is 5.78 Å². The number of hydrogen-bond donors (Lipinski definition) is 0. The van der Waals surface area contributed by atoms with Gasteiger partial charge in [-0.15, -0.1) is 0 Å². The average molecular weight is 466 g/mol. The number of halogens is 1. The molecule has 1 aliphatic heterocycles. The van der Waals surface area contributed by atoms with Gasteiger partial charge in [-0.2, -0.15) is 0 Å². The summed E-state index contributed by atoms with van der Waals surface area (Å²) >= 11 is 5.94. The van der Waals surface area contributed by atoms with Crippen LogP contribution < -0.4 is 4.74 Å². The van der Waals surface area contributed by atoms with Gasteiger partial charge in [-0.05, 0) is 54.2 Å². The van der Waals surface area contributed by atoms with Gasteiger partial charge in [0.1, 0.15) is 18.3 Å². The van der Waals surface area contributed by atoms with E-state index in [2.05, 4.69) is 13.8 Å². The van der Waals surface area contributed by atoms with Crippen LogP contribution in [0, 0.1) is 11.3 Å². The fraction of sp³-hybridized carbons (Fsp3) is 0.370. The highest BCUT2D eigenvalue weighted by Crippen LogP contribution is 2.48. The van der Waals surface area contributed by atoms with Crippen molar-refractivity contribution in [3.05, 3.63) is 76.0 Å². The van der Waals surface area contributed by atoms with Crippen LogP contribution in [0.3, 0.4) is 0 Å². The number of nitrogens with zero attached hydrogens (tertiary/aromatic N) is 1. The highest BCUT2D eigenvalue weighted by molar-refractivity contribution is 6.30. The number of rotatable bonds is 5. The molecule has 6 heteroatoms. The number of carbonyl (C=O) groups excluding carboxylic acids is 2. The molecule has 0 bridgehead atoms. The van der Waals surface area contributed by atoms with E-state index in [0.29, 0.717) is 41.5 Å². The van der Waals surface area contributed by atoms with Crippen molar-refractivity contribution in [1.29, 1.82) is 0 Å². The van der Waals surface area contributed by atoms with Crippen LogP contribution in [-0.2, 0) is 20.9 Å². The molecular formula is C27H28ClNO4. The Balaban J connectivity index is 1.64. The van der Waals surface area contributed by atoms with E-state index in [4.69, 9.17) is 26.1 Å². The monoisotopic (exact) mass is 465 g/mol. The number of ketones is 1. The first kappa shape index (κ1) is 23.2. The molecule has 0 N–H and O–H groups in total. The van der Waals surface area contributed by atoms with Gasteiger partial charge in [0.2, 0.25) is 0 Å². The molecule has 0 saturated carbocycles. The summed E-state index contributed by atoms with van der Waals surface area (Å²) in [4.78, 5) is 30.7. The summed E-state index contributed by atoms with van der Waals surface area (Å²) < 4.78 is 11.0. The van der Waals surface area contributed by atoms with Crippen molar-refractivity contribution in [2.24, 2.45) is 16.3 Å². The molecule has 5 nitrogen and oxygen atoms in total. The molecule has 0 saturated heterocycles. The molecule has 1 unspecified atom stereocenters. The average Bonchev–Trinajstić information content (AvgIpc) is 2.77. The molecule has 172 valence electrons. The minimum atomic E-state index is -0.625. The summed E-state index contributed by atoms with van der Waals surface area (Å²) in [6.45, 7) is 6.41. The van der Waals surface area contributed by atoms with E-state index < -0.39 is 11.8 Å². The van der Waals surface area contributed by atoms with E-state index >= 15 is 0 Å². The van der Waals surface area contributed by atoms with Gasteiger partial charge >= 0.3 is 5.97 Å². The zero-order valence-corrected chi connectivity index (χ0v) is 20.1. The maximum absolute atomic E-state index is 13.2. The first-order chi connectivity index (χ1) is 15.7. The largest absolute Gasteiger partial charge is 0.489 e. The summed E-state index contributed by atoms with van der Waals surface area (Å²) in [6.07, 6.45) is 1.14. The standard InChI is InChI=1S/C27H28ClNO4/c1-16-23(26(31)32-4)24(25-21(29-16)13-27(2,3)14-22(25)30)18-7-11-20(12-8-18)33-15-17-5-9-19(28)10-6-17/h5-12,23-24H,13-15H2,1-4H3/t23?,24-/m0/s1. The number of esters is 1. The van der Waals surface area contributed by atoms with Crippen molar-refractivity contribution < 1.29 is 19.1 Å². The van der Waals surface area contributed by atoms with E-state index in [0.717, 1.165) is 16.8 Å². The molecule has 4 rings (SSSR count). The number of hydrogen-bond acceptors (Lipinski definition) is 5. The molecule has 2 aliphatic rings. The lowest BCUT2D eigenvalue weighted by Crippen LogP contribution is -2.39. The van der Waals surface area contributed by atoms with E-state index in [1.807, 2.05) is 55.5 Å². The van der Waals surface area contributed by atoms with Crippen LogP contribution in [-0.4, -0.2) is 24.6 Å². The van der Waals surface area contributed by atoms with E-state index in [1.54, 1.807) is 0 Å². The molecule has 0 amide bonds. The molecule has 1 heterocycles. The van der Waals surface area contributed by atoms with Crippen molar-refractivity contribution in [3.63, 3.8) is 0 Å². The normalized spacial score (nSPS) is 21.8. The second-order valence-electron chi connectivity index (χ2n) is 9.52. The molecule has 33 heavy (non-hydrogen) atoms. The van der Waals surface area contributed by atoms with Gasteiger partial charge in [-0.3, -0.25) is 14.6 Å². The molecular weight excluding hydrogens is 438 g/mol. The first-order valence-corrected chi connectivity index (χ1v) is 11.4. The van der Waals surface area contributed by atoms with Crippen molar-refractivity contribution in [2.45, 2.75) is 46.1 Å². The molecule has 2 atom stereocenters. The summed E-state index contributed by atoms with van der Waals surface area (Å²) in [5, 5.41) is 0.684. The Bertz CT molecular complexity index is 1130. The fourth-order valence-corrected chi connectivity index (χ4v) is 4.88. The van der Waals surface area contributed by atoms with Crippen LogP contribution in [0.5, 0.6) is 5.75 Å². The summed E-state index contributed by atoms with van der Waals surface area (Å²) in [5.41, 5.74) is 3.85. The number of ether oxygens (including phenoxy) is 2. The highest BCUT2D eigenvalue weighted by Gasteiger charge is 2.45. The second-order valence-corrected chi connectivity index (χ2v) is 9.95. The molecule has 2 aromatic carbocycles. The van der Waals surface area contributed by atoms with Gasteiger partial charge in [-0.25, -0.2) is 0 Å². The quantitative estimate of drug-likeness (QED) is 0.515. The van der Waals surface area contributed by atoms with Gasteiger partial charge in [-0.1, -0.05) is 49.7 Å². The summed E-state index contributed by atoms with van der Waals surface area (Å²) in [5.74, 6) is -0.665. The lowest BCUT2D eigenvalue weighted by molar-refractivity contribution is -0.143. The van der Waals surface area contributed by atoms with Crippen molar-refractivity contribution in [1.82, 2.24) is 0 Å². The second kappa shape index (κ2) is 9.14. The number of aliphatic imine (C=N–C) groups is 1. The Morgan fingerprint density at radius 1 is 1.09 bits per heavy atom. The predicted molar refractivity (Wildman–Crippen MR) is 129 cm³/mol. The Labute approximate surface area is 199 Å². The minimum absolute atomic E-state index is 0.0551. The lowest BCUT2D eigenvalue weighted by atomic mass is 9.67. The van der Waals surface area contributed by atoms with Gasteiger partial charge in [0.05, 0.1) is 7.11 Å². The Morgan fingerprint density at radius 2 is 1.76 bits per heavy atom. The zero-order chi connectivity index (χ0) is 23.8. The molecule has 1 aliphatic carbocycles. The van der Waals surface area contributed by atoms with E-state index in [-0.39, 0.29) is 17.2 Å². The van der Waals surface area contributed by atoms with Crippen LogP contribution in [0.2, 0.25) is 5.02 Å². The first-order valence-electron chi connectivity index (χ1n) is 11.0. The number of allylic oxidation sites excluding steroid dienone is 2. The molecule has 0 radical (unpaired) electrons. The minimum Gasteiger partial charge on any atom is -0.489 e. The summed E-state index contributed by atoms with van der Waals surface area (Å²) in [7, 11) is 1.37. The zero-order valence-electron chi connectivity index (χ0n) is 19.4. The smallest absolute Gasteiger partial charge is 0.315 e. The number of benzene rings is 2.